The van der Waals surface area contributed by atoms with E-state index in [2.05, 4.69) is 10.6 Å². The largest absolute Gasteiger partial charge is 0.468 e. The molecule has 0 bridgehead atoms. The monoisotopic (exact) mass is 352 g/mol. The molecule has 1 aromatic carbocycles. The quantitative estimate of drug-likeness (QED) is 0.552. The van der Waals surface area contributed by atoms with Crippen LogP contribution in [0.15, 0.2) is 29.2 Å². The van der Waals surface area contributed by atoms with Crippen molar-refractivity contribution in [2.75, 3.05) is 13.7 Å². The van der Waals surface area contributed by atoms with Crippen LogP contribution in [0, 0.1) is 0 Å². The fourth-order valence-electron chi connectivity index (χ4n) is 1.90. The molecule has 0 aliphatic heterocycles. The molecule has 2 N–H and O–H groups in total. The van der Waals surface area contributed by atoms with Gasteiger partial charge in [0.2, 0.25) is 5.91 Å². The highest BCUT2D eigenvalue weighted by molar-refractivity contribution is 8.00. The van der Waals surface area contributed by atoms with Crippen molar-refractivity contribution in [1.82, 2.24) is 10.6 Å². The molecule has 132 valence electrons. The molecule has 1 rings (SSSR count). The van der Waals surface area contributed by atoms with E-state index in [4.69, 9.17) is 4.74 Å². The molecule has 7 heteroatoms. The van der Waals surface area contributed by atoms with E-state index in [1.54, 1.807) is 38.1 Å². The van der Waals surface area contributed by atoms with Gasteiger partial charge in [-0.25, -0.2) is 0 Å². The molecule has 0 saturated heterocycles. The van der Waals surface area contributed by atoms with Crippen LogP contribution in [0.25, 0.3) is 0 Å². The summed E-state index contributed by atoms with van der Waals surface area (Å²) in [6.07, 6.45) is 0.831. The minimum absolute atomic E-state index is 0.224. The average molecular weight is 352 g/mol. The number of rotatable bonds is 8. The Morgan fingerprint density at radius 3 is 2.50 bits per heavy atom. The first-order chi connectivity index (χ1) is 11.4. The highest BCUT2D eigenvalue weighted by Gasteiger charge is 2.21. The normalized spacial score (nSPS) is 12.8. The Morgan fingerprint density at radius 2 is 1.88 bits per heavy atom. The highest BCUT2D eigenvalue weighted by atomic mass is 32.2. The lowest BCUT2D eigenvalue weighted by Crippen LogP contribution is -2.45. The van der Waals surface area contributed by atoms with Gasteiger partial charge in [-0.1, -0.05) is 19.1 Å². The van der Waals surface area contributed by atoms with Crippen LogP contribution in [-0.2, 0) is 14.3 Å². The molecular weight excluding hydrogens is 328 g/mol. The molecule has 6 nitrogen and oxygen atoms in total. The number of nitrogens with one attached hydrogen (secondary N) is 2. The number of benzene rings is 1. The molecule has 1 aromatic rings. The van der Waals surface area contributed by atoms with Crippen molar-refractivity contribution in [2.45, 2.75) is 43.4 Å². The van der Waals surface area contributed by atoms with Gasteiger partial charge >= 0.3 is 5.97 Å². The molecule has 0 radical (unpaired) electrons. The fraction of sp³-hybridized carbons (Fsp3) is 0.471. The number of ether oxygens (including phenoxy) is 1. The van der Waals surface area contributed by atoms with Crippen molar-refractivity contribution in [3.05, 3.63) is 29.8 Å². The minimum Gasteiger partial charge on any atom is -0.468 e. The second-order valence-electron chi connectivity index (χ2n) is 5.27. The van der Waals surface area contributed by atoms with E-state index in [0.29, 0.717) is 17.0 Å². The molecule has 0 aliphatic carbocycles. The van der Waals surface area contributed by atoms with Gasteiger partial charge in [0.25, 0.3) is 5.91 Å². The molecule has 0 fully saturated rings. The number of methoxy groups -OCH3 is 1. The summed E-state index contributed by atoms with van der Waals surface area (Å²) in [6.45, 7) is 5.88. The predicted molar refractivity (Wildman–Crippen MR) is 94.0 cm³/mol. The molecule has 0 unspecified atom stereocenters. The summed E-state index contributed by atoms with van der Waals surface area (Å²) in [6, 6.07) is 6.32. The Kier molecular flexibility index (Phi) is 8.32. The average Bonchev–Trinajstić information content (AvgIpc) is 2.58. The Balaban J connectivity index is 2.80. The summed E-state index contributed by atoms with van der Waals surface area (Å²) in [5.74, 6) is -0.935. The van der Waals surface area contributed by atoms with Crippen LogP contribution < -0.4 is 10.6 Å². The second kappa shape index (κ2) is 9.97. The van der Waals surface area contributed by atoms with Crippen LogP contribution in [0.5, 0.6) is 0 Å². The lowest BCUT2D eigenvalue weighted by atomic mass is 10.2. The first-order valence-corrected chi connectivity index (χ1v) is 8.70. The number of amides is 2. The molecule has 0 aliphatic rings. The van der Waals surface area contributed by atoms with Gasteiger partial charge in [0.1, 0.15) is 11.3 Å². The molecule has 0 heterocycles. The van der Waals surface area contributed by atoms with Gasteiger partial charge in [-0.15, -0.1) is 11.8 Å². The van der Waals surface area contributed by atoms with Crippen LogP contribution >= 0.6 is 11.8 Å². The number of thioether (sulfide) groups is 1. The zero-order valence-corrected chi connectivity index (χ0v) is 15.2. The third kappa shape index (κ3) is 5.88. The third-order valence-electron chi connectivity index (χ3n) is 3.26. The predicted octanol–water partition coefficient (Wildman–Crippen LogP) is 1.98. The number of carbonyl (C=O) groups is 3. The third-order valence-corrected chi connectivity index (χ3v) is 4.41. The van der Waals surface area contributed by atoms with E-state index in [9.17, 15) is 14.4 Å². The van der Waals surface area contributed by atoms with Gasteiger partial charge < -0.3 is 15.4 Å². The lowest BCUT2D eigenvalue weighted by Gasteiger charge is -2.16. The molecule has 0 aromatic heterocycles. The van der Waals surface area contributed by atoms with Crippen LogP contribution in [0.4, 0.5) is 0 Å². The van der Waals surface area contributed by atoms with Crippen molar-refractivity contribution in [3.63, 3.8) is 0 Å². The van der Waals surface area contributed by atoms with Crippen molar-refractivity contribution >= 4 is 29.5 Å². The van der Waals surface area contributed by atoms with Crippen LogP contribution in [0.3, 0.4) is 0 Å². The molecular formula is C17H24N2O4S. The standard InChI is InChI=1S/C17H24N2O4S/c1-5-10-18-15(20)11(2)19-16(21)13-8-6-7-9-14(13)24-12(3)17(22)23-4/h6-9,11-12H,5,10H2,1-4H3,(H,18,20)(H,19,21)/t11-,12+/m1/s1. The van der Waals surface area contributed by atoms with Crippen LogP contribution in [-0.4, -0.2) is 42.7 Å². The van der Waals surface area contributed by atoms with E-state index in [0.717, 1.165) is 6.42 Å². The number of carbonyl (C=O) groups excluding carboxylic acids is 3. The number of esters is 1. The van der Waals surface area contributed by atoms with Gasteiger partial charge in [-0.3, -0.25) is 14.4 Å². The van der Waals surface area contributed by atoms with E-state index in [1.165, 1.54) is 18.9 Å². The first kappa shape index (κ1) is 20.0. The Morgan fingerprint density at radius 1 is 1.21 bits per heavy atom. The summed E-state index contributed by atoms with van der Waals surface area (Å²) in [5.41, 5.74) is 0.424. The van der Waals surface area contributed by atoms with Crippen LogP contribution in [0.1, 0.15) is 37.6 Å². The maximum absolute atomic E-state index is 12.5. The van der Waals surface area contributed by atoms with E-state index in [-0.39, 0.29) is 17.8 Å². The molecule has 0 saturated carbocycles. The summed E-state index contributed by atoms with van der Waals surface area (Å²) in [4.78, 5) is 36.6. The number of hydrogen-bond donors (Lipinski definition) is 2. The molecule has 24 heavy (non-hydrogen) atoms. The lowest BCUT2D eigenvalue weighted by molar-refractivity contribution is -0.139. The zero-order valence-electron chi connectivity index (χ0n) is 14.4. The smallest absolute Gasteiger partial charge is 0.318 e. The van der Waals surface area contributed by atoms with Crippen molar-refractivity contribution in [1.29, 1.82) is 0 Å². The molecule has 0 spiro atoms. The van der Waals surface area contributed by atoms with E-state index >= 15 is 0 Å². The fourth-order valence-corrected chi connectivity index (χ4v) is 2.92. The van der Waals surface area contributed by atoms with Gasteiger partial charge in [-0.2, -0.15) is 0 Å². The van der Waals surface area contributed by atoms with Gasteiger partial charge in [0.05, 0.1) is 12.7 Å². The highest BCUT2D eigenvalue weighted by Crippen LogP contribution is 2.27. The van der Waals surface area contributed by atoms with Gasteiger partial charge in [0.15, 0.2) is 0 Å². The van der Waals surface area contributed by atoms with Crippen molar-refractivity contribution in [2.24, 2.45) is 0 Å². The minimum atomic E-state index is -0.639. The summed E-state index contributed by atoms with van der Waals surface area (Å²) in [7, 11) is 1.33. The zero-order chi connectivity index (χ0) is 18.1. The summed E-state index contributed by atoms with van der Waals surface area (Å²) < 4.78 is 4.70. The maximum atomic E-state index is 12.5. The maximum Gasteiger partial charge on any atom is 0.318 e. The SMILES string of the molecule is CCCNC(=O)[C@@H](C)NC(=O)c1ccccc1S[C@@H](C)C(=O)OC. The van der Waals surface area contributed by atoms with Gasteiger partial charge in [0, 0.05) is 11.4 Å². The first-order valence-electron chi connectivity index (χ1n) is 7.82. The summed E-state index contributed by atoms with van der Waals surface area (Å²) in [5, 5.41) is 4.98. The second-order valence-corrected chi connectivity index (χ2v) is 6.65. The van der Waals surface area contributed by atoms with Crippen molar-refractivity contribution in [3.8, 4) is 0 Å². The van der Waals surface area contributed by atoms with Crippen molar-refractivity contribution < 1.29 is 19.1 Å². The molecule has 2 atom stereocenters. The summed E-state index contributed by atoms with van der Waals surface area (Å²) >= 11 is 1.24. The van der Waals surface area contributed by atoms with Gasteiger partial charge in [-0.05, 0) is 32.4 Å². The Labute approximate surface area is 146 Å². The van der Waals surface area contributed by atoms with E-state index < -0.39 is 11.3 Å². The number of hydrogen-bond acceptors (Lipinski definition) is 5. The van der Waals surface area contributed by atoms with Crippen LogP contribution in [0.2, 0.25) is 0 Å². The Hall–Kier alpha value is -2.02. The Bertz CT molecular complexity index is 592. The topological polar surface area (TPSA) is 84.5 Å². The molecule has 2 amide bonds. The van der Waals surface area contributed by atoms with E-state index in [1.807, 2.05) is 6.92 Å².